The van der Waals surface area contributed by atoms with Crippen molar-refractivity contribution in [2.75, 3.05) is 25.4 Å². The van der Waals surface area contributed by atoms with Crippen molar-refractivity contribution in [3.8, 4) is 11.4 Å². The number of hydrogen-bond acceptors (Lipinski definition) is 5. The van der Waals surface area contributed by atoms with Crippen molar-refractivity contribution in [2.45, 2.75) is 30.3 Å². The van der Waals surface area contributed by atoms with Crippen LogP contribution in [0.5, 0.6) is 0 Å². The molecule has 2 aliphatic rings. The van der Waals surface area contributed by atoms with Crippen LogP contribution in [0.25, 0.3) is 22.3 Å². The van der Waals surface area contributed by atoms with Crippen molar-refractivity contribution in [3.63, 3.8) is 0 Å². The number of aryl methyl sites for hydroxylation is 1. The van der Waals surface area contributed by atoms with E-state index in [1.807, 2.05) is 18.7 Å². The summed E-state index contributed by atoms with van der Waals surface area (Å²) in [7, 11) is 2.07. The van der Waals surface area contributed by atoms with Gasteiger partial charge in [-0.25, -0.2) is 0 Å². The fourth-order valence-electron chi connectivity index (χ4n) is 5.55. The number of rotatable bonds is 7. The molecule has 0 unspecified atom stereocenters. The molecule has 4 aromatic rings. The summed E-state index contributed by atoms with van der Waals surface area (Å²) >= 11 is 1.81. The van der Waals surface area contributed by atoms with Crippen molar-refractivity contribution < 1.29 is 0 Å². The van der Waals surface area contributed by atoms with Crippen LogP contribution in [0.4, 0.5) is 0 Å². The number of benzene rings is 2. The summed E-state index contributed by atoms with van der Waals surface area (Å²) in [6, 6.07) is 21.5. The molecular formula is C27H29N5S. The van der Waals surface area contributed by atoms with Crippen LogP contribution < -0.4 is 0 Å². The van der Waals surface area contributed by atoms with Crippen LogP contribution in [-0.2, 0) is 12.5 Å². The number of thioether (sulfide) groups is 1. The van der Waals surface area contributed by atoms with Gasteiger partial charge in [0.2, 0.25) is 0 Å². The van der Waals surface area contributed by atoms with Crippen molar-refractivity contribution >= 4 is 22.7 Å². The van der Waals surface area contributed by atoms with Crippen LogP contribution in [0, 0.1) is 12.8 Å². The second kappa shape index (κ2) is 8.26. The molecule has 2 atom stereocenters. The van der Waals surface area contributed by atoms with Crippen LogP contribution in [0.2, 0.25) is 0 Å². The number of pyridine rings is 1. The van der Waals surface area contributed by atoms with Gasteiger partial charge < -0.3 is 9.47 Å². The van der Waals surface area contributed by atoms with Gasteiger partial charge in [0.25, 0.3) is 0 Å². The quantitative estimate of drug-likeness (QED) is 0.287. The van der Waals surface area contributed by atoms with E-state index in [2.05, 4.69) is 92.4 Å². The molecule has 2 fully saturated rings. The summed E-state index contributed by atoms with van der Waals surface area (Å²) in [4.78, 5) is 7.32. The summed E-state index contributed by atoms with van der Waals surface area (Å²) in [6.45, 7) is 5.66. The summed E-state index contributed by atoms with van der Waals surface area (Å²) < 4.78 is 2.12. The molecule has 1 aliphatic heterocycles. The molecule has 33 heavy (non-hydrogen) atoms. The smallest absolute Gasteiger partial charge is 0.191 e. The Morgan fingerprint density at radius 3 is 2.79 bits per heavy atom. The van der Waals surface area contributed by atoms with E-state index in [4.69, 9.17) is 0 Å². The molecule has 0 amide bonds. The maximum atomic E-state index is 4.66. The van der Waals surface area contributed by atoms with E-state index >= 15 is 0 Å². The monoisotopic (exact) mass is 455 g/mol. The Balaban J connectivity index is 1.07. The Morgan fingerprint density at radius 1 is 1.03 bits per heavy atom. The lowest BCUT2D eigenvalue weighted by atomic mass is 9.95. The summed E-state index contributed by atoms with van der Waals surface area (Å²) in [5.74, 6) is 2.81. The number of likely N-dealkylation sites (tertiary alicyclic amines) is 1. The lowest BCUT2D eigenvalue weighted by Gasteiger charge is -2.20. The van der Waals surface area contributed by atoms with E-state index in [-0.39, 0.29) is 0 Å². The predicted octanol–water partition coefficient (Wildman–Crippen LogP) is 5.09. The highest BCUT2D eigenvalue weighted by Gasteiger charge is 2.60. The highest BCUT2D eigenvalue weighted by Crippen LogP contribution is 2.58. The maximum Gasteiger partial charge on any atom is 0.191 e. The average Bonchev–Trinajstić information content (AvgIpc) is 3.22. The first-order valence-electron chi connectivity index (χ1n) is 11.8. The highest BCUT2D eigenvalue weighted by atomic mass is 32.2. The fraction of sp³-hybridized carbons (Fsp3) is 0.370. The van der Waals surface area contributed by atoms with Crippen molar-refractivity contribution in [1.29, 1.82) is 0 Å². The zero-order chi connectivity index (χ0) is 22.4. The van der Waals surface area contributed by atoms with E-state index in [1.54, 1.807) is 0 Å². The largest absolute Gasteiger partial charge is 0.305 e. The molecule has 0 N–H and O–H groups in total. The lowest BCUT2D eigenvalue weighted by Crippen LogP contribution is -2.27. The van der Waals surface area contributed by atoms with Gasteiger partial charge in [-0.15, -0.1) is 10.2 Å². The molecule has 3 heterocycles. The fourth-order valence-corrected chi connectivity index (χ4v) is 6.39. The molecule has 2 aromatic carbocycles. The first kappa shape index (κ1) is 20.9. The van der Waals surface area contributed by atoms with Gasteiger partial charge in [-0.2, -0.15) is 0 Å². The molecule has 168 valence electrons. The van der Waals surface area contributed by atoms with Gasteiger partial charge in [0.1, 0.15) is 0 Å². The first-order valence-corrected chi connectivity index (χ1v) is 12.8. The van der Waals surface area contributed by atoms with Crippen LogP contribution in [0.3, 0.4) is 0 Å². The SMILES string of the molecule is Cc1ccc2c(-c3nnc(SCCCN4C[C@@H]5C[C@]5(c5ccccc5)C4)n3C)cccc2n1. The topological polar surface area (TPSA) is 46.8 Å². The molecule has 2 aromatic heterocycles. The van der Waals surface area contributed by atoms with Crippen LogP contribution in [0.1, 0.15) is 24.1 Å². The number of aromatic nitrogens is 4. The lowest BCUT2D eigenvalue weighted by molar-refractivity contribution is 0.299. The van der Waals surface area contributed by atoms with Gasteiger partial charge in [0.05, 0.1) is 5.52 Å². The molecule has 0 radical (unpaired) electrons. The van der Waals surface area contributed by atoms with E-state index in [0.717, 1.165) is 51.4 Å². The minimum atomic E-state index is 0.443. The number of fused-ring (bicyclic) bond motifs is 2. The third kappa shape index (κ3) is 3.75. The van der Waals surface area contributed by atoms with Crippen LogP contribution >= 0.6 is 11.8 Å². The maximum absolute atomic E-state index is 4.66. The summed E-state index contributed by atoms with van der Waals surface area (Å²) in [5, 5.41) is 11.1. The highest BCUT2D eigenvalue weighted by molar-refractivity contribution is 7.99. The Morgan fingerprint density at radius 2 is 1.91 bits per heavy atom. The third-order valence-corrected chi connectivity index (χ3v) is 8.47. The predicted molar refractivity (Wildman–Crippen MR) is 134 cm³/mol. The van der Waals surface area contributed by atoms with Gasteiger partial charge in [0.15, 0.2) is 11.0 Å². The molecule has 1 saturated carbocycles. The van der Waals surface area contributed by atoms with Gasteiger partial charge >= 0.3 is 0 Å². The minimum Gasteiger partial charge on any atom is -0.305 e. The summed E-state index contributed by atoms with van der Waals surface area (Å²) in [6.07, 6.45) is 2.54. The second-order valence-electron chi connectivity index (χ2n) is 9.55. The van der Waals surface area contributed by atoms with Gasteiger partial charge in [-0.3, -0.25) is 4.98 Å². The molecule has 5 nitrogen and oxygen atoms in total. The number of piperidine rings is 1. The van der Waals surface area contributed by atoms with E-state index in [0.29, 0.717) is 5.41 Å². The van der Waals surface area contributed by atoms with Crippen molar-refractivity contribution in [1.82, 2.24) is 24.6 Å². The molecule has 6 heteroatoms. The Hall–Kier alpha value is -2.70. The van der Waals surface area contributed by atoms with Crippen molar-refractivity contribution in [2.24, 2.45) is 13.0 Å². The zero-order valence-corrected chi connectivity index (χ0v) is 20.1. The number of nitrogens with zero attached hydrogens (tertiary/aromatic N) is 5. The van der Waals surface area contributed by atoms with Crippen LogP contribution in [-0.4, -0.2) is 50.0 Å². The Bertz CT molecular complexity index is 1300. The molecule has 0 bridgehead atoms. The van der Waals surface area contributed by atoms with E-state index in [1.165, 1.54) is 31.5 Å². The van der Waals surface area contributed by atoms with E-state index in [9.17, 15) is 0 Å². The third-order valence-electron chi connectivity index (χ3n) is 7.36. The first-order chi connectivity index (χ1) is 16.1. The average molecular weight is 456 g/mol. The zero-order valence-electron chi connectivity index (χ0n) is 19.2. The molecule has 6 rings (SSSR count). The minimum absolute atomic E-state index is 0.443. The van der Waals surface area contributed by atoms with Gasteiger partial charge in [0, 0.05) is 47.9 Å². The van der Waals surface area contributed by atoms with Gasteiger partial charge in [-0.05, 0) is 49.9 Å². The molecule has 1 saturated heterocycles. The summed E-state index contributed by atoms with van der Waals surface area (Å²) in [5.41, 5.74) is 5.10. The molecular weight excluding hydrogens is 426 g/mol. The molecule has 1 aliphatic carbocycles. The van der Waals surface area contributed by atoms with Gasteiger partial charge in [-0.1, -0.05) is 60.3 Å². The second-order valence-corrected chi connectivity index (χ2v) is 10.6. The Kier molecular flexibility index (Phi) is 5.23. The normalized spacial score (nSPS) is 22.1. The van der Waals surface area contributed by atoms with E-state index < -0.39 is 0 Å². The Labute approximate surface area is 199 Å². The van der Waals surface area contributed by atoms with Crippen molar-refractivity contribution in [3.05, 3.63) is 71.9 Å². The van der Waals surface area contributed by atoms with Crippen LogP contribution in [0.15, 0.2) is 65.8 Å². The molecule has 0 spiro atoms. The number of hydrogen-bond donors (Lipinski definition) is 0. The standard InChI is InChI=1S/C27H29N5S/c1-19-12-13-22-23(10-6-11-24(22)28-19)25-29-30-26(31(25)2)33-15-7-14-32-17-21-16-27(21,18-32)20-8-4-3-5-9-20/h3-6,8-13,21H,7,14-18H2,1-2H3/t21-,27+/m0/s1.